The van der Waals surface area contributed by atoms with Crippen LogP contribution in [0.3, 0.4) is 0 Å². The Hall–Kier alpha value is -2.25. The number of hydrogen-bond acceptors (Lipinski definition) is 5. The Bertz CT molecular complexity index is 1010. The second-order valence-electron chi connectivity index (χ2n) is 5.78. The van der Waals surface area contributed by atoms with Gasteiger partial charge in [-0.1, -0.05) is 48.6 Å². The smallest absolute Gasteiger partial charge is 0.233 e. The lowest BCUT2D eigenvalue weighted by molar-refractivity contribution is -0.117. The van der Waals surface area contributed by atoms with Gasteiger partial charge >= 0.3 is 0 Å². The van der Waals surface area contributed by atoms with E-state index in [4.69, 9.17) is 0 Å². The van der Waals surface area contributed by atoms with E-state index < -0.39 is 9.84 Å². The number of carbonyl (C=O) groups is 1. The van der Waals surface area contributed by atoms with Gasteiger partial charge in [-0.2, -0.15) is 0 Å². The first kappa shape index (κ1) is 17.6. The summed E-state index contributed by atoms with van der Waals surface area (Å²) in [5.41, 5.74) is 1.63. The van der Waals surface area contributed by atoms with Crippen LogP contribution in [-0.4, -0.2) is 25.6 Å². The van der Waals surface area contributed by atoms with Crippen molar-refractivity contribution >= 4 is 42.4 Å². The molecule has 3 aromatic rings. The molecule has 0 fully saturated rings. The summed E-state index contributed by atoms with van der Waals surface area (Å²) in [5, 5.41) is 3.33. The standard InChI is InChI=1S/C18H18N2O3S2/c1-3-14(12-7-5-4-6-8-12)17(21)20-18-19-15-10-9-13(25(2,22)23)11-16(15)24-18/h4-11,14H,3H2,1-2H3,(H,19,20,21)/t14-/m0/s1. The molecule has 0 saturated carbocycles. The predicted molar refractivity (Wildman–Crippen MR) is 101 cm³/mol. The number of sulfone groups is 1. The topological polar surface area (TPSA) is 76.1 Å². The normalized spacial score (nSPS) is 12.9. The number of fused-ring (bicyclic) bond motifs is 1. The van der Waals surface area contributed by atoms with Crippen molar-refractivity contribution in [1.29, 1.82) is 0 Å². The van der Waals surface area contributed by atoms with Crippen molar-refractivity contribution in [2.45, 2.75) is 24.2 Å². The van der Waals surface area contributed by atoms with Gasteiger partial charge in [-0.25, -0.2) is 13.4 Å². The molecule has 0 aliphatic heterocycles. The number of anilines is 1. The van der Waals surface area contributed by atoms with Crippen molar-refractivity contribution < 1.29 is 13.2 Å². The molecule has 7 heteroatoms. The molecule has 1 heterocycles. The summed E-state index contributed by atoms with van der Waals surface area (Å²) < 4.78 is 24.0. The van der Waals surface area contributed by atoms with Gasteiger partial charge in [-0.15, -0.1) is 0 Å². The number of carbonyl (C=O) groups excluding carboxylic acids is 1. The van der Waals surface area contributed by atoms with Gasteiger partial charge in [0.25, 0.3) is 0 Å². The molecule has 130 valence electrons. The number of thiazole rings is 1. The Morgan fingerprint density at radius 3 is 2.56 bits per heavy atom. The number of nitrogens with one attached hydrogen (secondary N) is 1. The van der Waals surface area contributed by atoms with Crippen molar-refractivity contribution in [1.82, 2.24) is 4.98 Å². The van der Waals surface area contributed by atoms with E-state index in [2.05, 4.69) is 10.3 Å². The Kier molecular flexibility index (Phi) is 4.87. The highest BCUT2D eigenvalue weighted by Crippen LogP contribution is 2.29. The van der Waals surface area contributed by atoms with Crippen LogP contribution in [-0.2, 0) is 14.6 Å². The minimum absolute atomic E-state index is 0.115. The highest BCUT2D eigenvalue weighted by atomic mass is 32.2. The van der Waals surface area contributed by atoms with E-state index in [0.717, 1.165) is 10.3 Å². The van der Waals surface area contributed by atoms with Gasteiger partial charge < -0.3 is 5.32 Å². The van der Waals surface area contributed by atoms with E-state index in [1.807, 2.05) is 37.3 Å². The summed E-state index contributed by atoms with van der Waals surface area (Å²) in [7, 11) is -3.27. The number of amides is 1. The largest absolute Gasteiger partial charge is 0.301 e. The molecule has 1 amide bonds. The summed E-state index contributed by atoms with van der Waals surface area (Å²) in [4.78, 5) is 17.2. The quantitative estimate of drug-likeness (QED) is 0.736. The fraction of sp³-hybridized carbons (Fsp3) is 0.222. The third-order valence-electron chi connectivity index (χ3n) is 3.94. The number of aromatic nitrogens is 1. The molecule has 2 aromatic carbocycles. The molecule has 1 N–H and O–H groups in total. The van der Waals surface area contributed by atoms with Crippen LogP contribution in [0.2, 0.25) is 0 Å². The second kappa shape index (κ2) is 6.93. The van der Waals surface area contributed by atoms with Crippen molar-refractivity contribution in [2.75, 3.05) is 11.6 Å². The first-order chi connectivity index (χ1) is 11.9. The predicted octanol–water partition coefficient (Wildman–Crippen LogP) is 3.83. The molecule has 0 unspecified atom stereocenters. The third kappa shape index (κ3) is 3.88. The number of hydrogen-bond donors (Lipinski definition) is 1. The lowest BCUT2D eigenvalue weighted by atomic mass is 9.96. The third-order valence-corrected chi connectivity index (χ3v) is 5.99. The molecule has 3 rings (SSSR count). The summed E-state index contributed by atoms with van der Waals surface area (Å²) in [5.74, 6) is -0.365. The van der Waals surface area contributed by atoms with Crippen molar-refractivity contribution in [3.63, 3.8) is 0 Å². The molecule has 0 saturated heterocycles. The average molecular weight is 374 g/mol. The van der Waals surface area contributed by atoms with Crippen LogP contribution in [0.5, 0.6) is 0 Å². The fourth-order valence-electron chi connectivity index (χ4n) is 2.64. The monoisotopic (exact) mass is 374 g/mol. The van der Waals surface area contributed by atoms with Crippen LogP contribution in [0.25, 0.3) is 10.2 Å². The zero-order valence-electron chi connectivity index (χ0n) is 13.9. The molecule has 5 nitrogen and oxygen atoms in total. The minimum atomic E-state index is -3.27. The first-order valence-electron chi connectivity index (χ1n) is 7.85. The van der Waals surface area contributed by atoms with E-state index >= 15 is 0 Å². The van der Waals surface area contributed by atoms with Crippen molar-refractivity contribution in [2.24, 2.45) is 0 Å². The Morgan fingerprint density at radius 2 is 1.92 bits per heavy atom. The van der Waals surface area contributed by atoms with E-state index in [0.29, 0.717) is 17.1 Å². The minimum Gasteiger partial charge on any atom is -0.301 e. The van der Waals surface area contributed by atoms with Crippen LogP contribution >= 0.6 is 11.3 Å². The van der Waals surface area contributed by atoms with Gasteiger partial charge in [-0.3, -0.25) is 4.79 Å². The number of benzene rings is 2. The number of rotatable bonds is 5. The lowest BCUT2D eigenvalue weighted by Gasteiger charge is -2.13. The molecule has 1 aromatic heterocycles. The SMILES string of the molecule is CC[C@H](C(=O)Nc1nc2ccc(S(C)(=O)=O)cc2s1)c1ccccc1. The van der Waals surface area contributed by atoms with Gasteiger partial charge in [-0.05, 0) is 30.2 Å². The van der Waals surface area contributed by atoms with Crippen molar-refractivity contribution in [3.8, 4) is 0 Å². The highest BCUT2D eigenvalue weighted by molar-refractivity contribution is 7.90. The zero-order chi connectivity index (χ0) is 18.0. The van der Waals surface area contributed by atoms with Crippen LogP contribution in [0.15, 0.2) is 53.4 Å². The van der Waals surface area contributed by atoms with Gasteiger partial charge in [0, 0.05) is 6.26 Å². The second-order valence-corrected chi connectivity index (χ2v) is 8.83. The van der Waals surface area contributed by atoms with Gasteiger partial charge in [0.05, 0.1) is 21.0 Å². The molecular weight excluding hydrogens is 356 g/mol. The molecule has 1 atom stereocenters. The number of nitrogens with zero attached hydrogens (tertiary/aromatic N) is 1. The maximum atomic E-state index is 12.6. The Morgan fingerprint density at radius 1 is 1.20 bits per heavy atom. The maximum absolute atomic E-state index is 12.6. The lowest BCUT2D eigenvalue weighted by Crippen LogP contribution is -2.20. The Balaban J connectivity index is 1.86. The van der Waals surface area contributed by atoms with Gasteiger partial charge in [0.1, 0.15) is 0 Å². The maximum Gasteiger partial charge on any atom is 0.233 e. The van der Waals surface area contributed by atoms with Crippen LogP contribution < -0.4 is 5.32 Å². The molecule has 0 aliphatic rings. The first-order valence-corrected chi connectivity index (χ1v) is 10.6. The summed E-state index contributed by atoms with van der Waals surface area (Å²) in [6, 6.07) is 14.4. The molecule has 0 radical (unpaired) electrons. The van der Waals surface area contributed by atoms with Crippen LogP contribution in [0.1, 0.15) is 24.8 Å². The highest BCUT2D eigenvalue weighted by Gasteiger charge is 2.20. The summed E-state index contributed by atoms with van der Waals surface area (Å²) in [6.07, 6.45) is 1.85. The molecular formula is C18H18N2O3S2. The van der Waals surface area contributed by atoms with E-state index in [9.17, 15) is 13.2 Å². The zero-order valence-corrected chi connectivity index (χ0v) is 15.5. The molecule has 0 bridgehead atoms. The summed E-state index contributed by atoms with van der Waals surface area (Å²) in [6.45, 7) is 1.97. The summed E-state index contributed by atoms with van der Waals surface area (Å²) >= 11 is 1.27. The molecule has 25 heavy (non-hydrogen) atoms. The molecule has 0 aliphatic carbocycles. The van der Waals surface area contributed by atoms with Gasteiger partial charge in [0.15, 0.2) is 15.0 Å². The Labute approximate surface area is 150 Å². The van der Waals surface area contributed by atoms with Crippen LogP contribution in [0, 0.1) is 0 Å². The average Bonchev–Trinajstić information content (AvgIpc) is 2.97. The van der Waals surface area contributed by atoms with E-state index in [-0.39, 0.29) is 16.7 Å². The van der Waals surface area contributed by atoms with E-state index in [1.54, 1.807) is 12.1 Å². The van der Waals surface area contributed by atoms with E-state index in [1.165, 1.54) is 23.7 Å². The van der Waals surface area contributed by atoms with Gasteiger partial charge in [0.2, 0.25) is 5.91 Å². The molecule has 0 spiro atoms. The van der Waals surface area contributed by atoms with Crippen molar-refractivity contribution in [3.05, 3.63) is 54.1 Å². The fourth-order valence-corrected chi connectivity index (χ4v) is 4.27. The van der Waals surface area contributed by atoms with Crippen LogP contribution in [0.4, 0.5) is 5.13 Å².